The molecular formula is C10H22N4O4. The van der Waals surface area contributed by atoms with Crippen LogP contribution in [-0.2, 0) is 9.59 Å². The van der Waals surface area contributed by atoms with Crippen LogP contribution in [0.3, 0.4) is 0 Å². The number of nitrogens with two attached hydrogens (primary N) is 1. The van der Waals surface area contributed by atoms with Gasteiger partial charge in [-0.05, 0) is 0 Å². The molecule has 0 aliphatic rings. The van der Waals surface area contributed by atoms with Gasteiger partial charge in [-0.3, -0.25) is 14.5 Å². The first kappa shape index (κ1) is 16.8. The molecule has 0 aromatic carbocycles. The summed E-state index contributed by atoms with van der Waals surface area (Å²) in [5.74, 6) is -2.05. The molecule has 0 fully saturated rings. The Labute approximate surface area is 106 Å². The predicted molar refractivity (Wildman–Crippen MR) is 66.5 cm³/mol. The van der Waals surface area contributed by atoms with Gasteiger partial charge >= 0.3 is 11.9 Å². The van der Waals surface area contributed by atoms with E-state index in [0.29, 0.717) is 19.6 Å². The third-order valence-electron chi connectivity index (χ3n) is 2.12. The number of carboxylic acids is 2. The number of carboxylic acid groups (broad SMARTS) is 2. The number of nitrogens with one attached hydrogen (secondary N) is 2. The van der Waals surface area contributed by atoms with Crippen LogP contribution in [0.15, 0.2) is 0 Å². The molecule has 0 saturated carbocycles. The molecule has 8 heteroatoms. The lowest BCUT2D eigenvalue weighted by Crippen LogP contribution is -2.40. The summed E-state index contributed by atoms with van der Waals surface area (Å²) >= 11 is 0. The van der Waals surface area contributed by atoms with E-state index in [-0.39, 0.29) is 13.1 Å². The molecule has 0 saturated heterocycles. The van der Waals surface area contributed by atoms with Crippen molar-refractivity contribution < 1.29 is 19.8 Å². The molecule has 0 radical (unpaired) electrons. The van der Waals surface area contributed by atoms with Gasteiger partial charge in [-0.25, -0.2) is 0 Å². The molecule has 106 valence electrons. The molecular weight excluding hydrogens is 240 g/mol. The van der Waals surface area contributed by atoms with Gasteiger partial charge in [-0.1, -0.05) is 0 Å². The van der Waals surface area contributed by atoms with Crippen molar-refractivity contribution in [2.24, 2.45) is 5.73 Å². The molecule has 0 aromatic rings. The van der Waals surface area contributed by atoms with Crippen LogP contribution in [0.5, 0.6) is 0 Å². The highest BCUT2D eigenvalue weighted by molar-refractivity contribution is 5.72. The number of hydrogen-bond acceptors (Lipinski definition) is 6. The van der Waals surface area contributed by atoms with Crippen molar-refractivity contribution in [1.82, 2.24) is 15.5 Å². The van der Waals surface area contributed by atoms with Crippen molar-refractivity contribution in [2.45, 2.75) is 0 Å². The summed E-state index contributed by atoms with van der Waals surface area (Å²) in [5.41, 5.74) is 5.30. The Hall–Kier alpha value is -1.22. The maximum atomic E-state index is 10.5. The zero-order valence-corrected chi connectivity index (χ0v) is 10.4. The highest BCUT2D eigenvalue weighted by Crippen LogP contribution is 1.87. The fourth-order valence-electron chi connectivity index (χ4n) is 1.36. The molecule has 0 bridgehead atoms. The predicted octanol–water partition coefficient (Wildman–Crippen LogP) is -2.40. The van der Waals surface area contributed by atoms with Gasteiger partial charge in [0, 0.05) is 39.3 Å². The zero-order valence-electron chi connectivity index (χ0n) is 10.4. The number of aliphatic carboxylic acids is 2. The smallest absolute Gasteiger partial charge is 0.317 e. The van der Waals surface area contributed by atoms with E-state index in [1.54, 1.807) is 0 Å². The van der Waals surface area contributed by atoms with Crippen LogP contribution in [0.2, 0.25) is 0 Å². The van der Waals surface area contributed by atoms with Crippen molar-refractivity contribution >= 4 is 11.9 Å². The zero-order chi connectivity index (χ0) is 13.8. The van der Waals surface area contributed by atoms with Gasteiger partial charge < -0.3 is 26.6 Å². The SMILES string of the molecule is NCCNCCNCCN(CC(=O)O)CC(=O)O. The summed E-state index contributed by atoms with van der Waals surface area (Å²) in [4.78, 5) is 22.4. The molecule has 0 atom stereocenters. The fraction of sp³-hybridized carbons (Fsp3) is 0.800. The van der Waals surface area contributed by atoms with Crippen LogP contribution in [0.25, 0.3) is 0 Å². The third kappa shape index (κ3) is 11.3. The lowest BCUT2D eigenvalue weighted by molar-refractivity contribution is -0.141. The minimum Gasteiger partial charge on any atom is -0.480 e. The highest BCUT2D eigenvalue weighted by Gasteiger charge is 2.12. The molecule has 0 spiro atoms. The van der Waals surface area contributed by atoms with E-state index >= 15 is 0 Å². The molecule has 0 amide bonds. The Balaban J connectivity index is 3.62. The molecule has 0 heterocycles. The molecule has 0 aromatic heterocycles. The summed E-state index contributed by atoms with van der Waals surface area (Å²) < 4.78 is 0. The average Bonchev–Trinajstić information content (AvgIpc) is 2.26. The Morgan fingerprint density at radius 1 is 0.944 bits per heavy atom. The van der Waals surface area contributed by atoms with Gasteiger partial charge in [0.25, 0.3) is 0 Å². The maximum absolute atomic E-state index is 10.5. The summed E-state index contributed by atoms with van der Waals surface area (Å²) in [6, 6.07) is 0. The number of nitrogens with zero attached hydrogens (tertiary/aromatic N) is 1. The summed E-state index contributed by atoms with van der Waals surface area (Å²) in [7, 11) is 0. The van der Waals surface area contributed by atoms with Crippen LogP contribution in [0, 0.1) is 0 Å². The monoisotopic (exact) mass is 262 g/mol. The minimum absolute atomic E-state index is 0.264. The minimum atomic E-state index is -1.03. The fourth-order valence-corrected chi connectivity index (χ4v) is 1.36. The summed E-state index contributed by atoms with van der Waals surface area (Å²) in [6.07, 6.45) is 0. The Morgan fingerprint density at radius 2 is 1.44 bits per heavy atom. The Bertz CT molecular complexity index is 234. The van der Waals surface area contributed by atoms with E-state index in [1.807, 2.05) is 0 Å². The van der Waals surface area contributed by atoms with Gasteiger partial charge in [0.2, 0.25) is 0 Å². The second kappa shape index (κ2) is 10.9. The van der Waals surface area contributed by atoms with Gasteiger partial charge in [-0.2, -0.15) is 0 Å². The highest BCUT2D eigenvalue weighted by atomic mass is 16.4. The molecule has 8 nitrogen and oxygen atoms in total. The molecule has 0 rings (SSSR count). The van der Waals surface area contributed by atoms with Crippen LogP contribution >= 0.6 is 0 Å². The molecule has 0 aliphatic carbocycles. The molecule has 0 aliphatic heterocycles. The van der Waals surface area contributed by atoms with E-state index in [4.69, 9.17) is 15.9 Å². The third-order valence-corrected chi connectivity index (χ3v) is 2.12. The van der Waals surface area contributed by atoms with E-state index in [0.717, 1.165) is 19.6 Å². The quantitative estimate of drug-likeness (QED) is 0.246. The molecule has 6 N–H and O–H groups in total. The van der Waals surface area contributed by atoms with E-state index in [1.165, 1.54) is 4.90 Å². The van der Waals surface area contributed by atoms with Crippen LogP contribution < -0.4 is 16.4 Å². The lowest BCUT2D eigenvalue weighted by atomic mass is 10.4. The van der Waals surface area contributed by atoms with Crippen LogP contribution in [-0.4, -0.2) is 79.4 Å². The number of hydrogen-bond donors (Lipinski definition) is 5. The van der Waals surface area contributed by atoms with Crippen molar-refractivity contribution in [3.8, 4) is 0 Å². The largest absolute Gasteiger partial charge is 0.480 e. The first-order chi connectivity index (χ1) is 8.56. The first-order valence-electron chi connectivity index (χ1n) is 5.83. The first-order valence-corrected chi connectivity index (χ1v) is 5.83. The van der Waals surface area contributed by atoms with E-state index in [2.05, 4.69) is 10.6 Å². The second-order valence-corrected chi connectivity index (χ2v) is 3.79. The summed E-state index contributed by atoms with van der Waals surface area (Å²) in [6.45, 7) is 3.25. The van der Waals surface area contributed by atoms with Crippen LogP contribution in [0.4, 0.5) is 0 Å². The van der Waals surface area contributed by atoms with Crippen molar-refractivity contribution in [3.63, 3.8) is 0 Å². The van der Waals surface area contributed by atoms with Gasteiger partial charge in [0.1, 0.15) is 0 Å². The Kier molecular flexibility index (Phi) is 10.2. The molecule has 0 unspecified atom stereocenters. The molecule has 18 heavy (non-hydrogen) atoms. The number of rotatable bonds is 12. The van der Waals surface area contributed by atoms with Crippen molar-refractivity contribution in [3.05, 3.63) is 0 Å². The standard InChI is InChI=1S/C10H22N4O4/c11-1-2-12-3-4-13-5-6-14(7-9(15)16)8-10(17)18/h12-13H,1-8,11H2,(H,15,16)(H,17,18). The van der Waals surface area contributed by atoms with E-state index < -0.39 is 11.9 Å². The van der Waals surface area contributed by atoms with E-state index in [9.17, 15) is 9.59 Å². The topological polar surface area (TPSA) is 128 Å². The number of carbonyl (C=O) groups is 2. The van der Waals surface area contributed by atoms with Gasteiger partial charge in [-0.15, -0.1) is 0 Å². The van der Waals surface area contributed by atoms with Gasteiger partial charge in [0.15, 0.2) is 0 Å². The second-order valence-electron chi connectivity index (χ2n) is 3.79. The van der Waals surface area contributed by atoms with Crippen molar-refractivity contribution in [1.29, 1.82) is 0 Å². The van der Waals surface area contributed by atoms with Crippen molar-refractivity contribution in [2.75, 3.05) is 52.4 Å². The summed E-state index contributed by atoms with van der Waals surface area (Å²) in [5, 5.41) is 23.4. The maximum Gasteiger partial charge on any atom is 0.317 e. The Morgan fingerprint density at radius 3 is 1.89 bits per heavy atom. The lowest BCUT2D eigenvalue weighted by Gasteiger charge is -2.18. The normalized spacial score (nSPS) is 10.8. The van der Waals surface area contributed by atoms with Gasteiger partial charge in [0.05, 0.1) is 13.1 Å². The van der Waals surface area contributed by atoms with Crippen LogP contribution in [0.1, 0.15) is 0 Å². The average molecular weight is 262 g/mol.